The van der Waals surface area contributed by atoms with E-state index in [1.807, 2.05) is 6.92 Å². The number of amides is 1. The molecule has 2 bridgehead atoms. The van der Waals surface area contributed by atoms with Crippen LogP contribution in [0.3, 0.4) is 0 Å². The summed E-state index contributed by atoms with van der Waals surface area (Å²) in [5.74, 6) is -0.395. The lowest BCUT2D eigenvalue weighted by atomic mass is 9.92. The largest absolute Gasteiger partial charge is 0.485 e. The molecule has 5 rings (SSSR count). The standard InChI is InChI=1S/C27H25FN6O3/c1-5-34-24-15-12-20(26(29-2)31-13-15)37-14-16-11-17(28)8-9-18(16)22-19(7-6-10-30-22)25(35)21(24)23(32-34)27(36)33(3)4/h6-13H,5,14H2,1-4H3,(H,29,31). The van der Waals surface area contributed by atoms with E-state index in [0.717, 1.165) is 0 Å². The molecule has 0 radical (unpaired) electrons. The Hall–Kier alpha value is -4.60. The second-order valence-corrected chi connectivity index (χ2v) is 8.73. The number of nitrogens with zero attached hydrogens (tertiary/aromatic N) is 5. The fraction of sp³-hybridized carbons (Fsp3) is 0.222. The third-order valence-corrected chi connectivity index (χ3v) is 6.21. The number of hydrogen-bond acceptors (Lipinski definition) is 7. The van der Waals surface area contributed by atoms with Crippen LogP contribution in [0.2, 0.25) is 0 Å². The highest BCUT2D eigenvalue weighted by Crippen LogP contribution is 2.37. The van der Waals surface area contributed by atoms with Crippen LogP contribution in [-0.4, -0.2) is 57.5 Å². The van der Waals surface area contributed by atoms with Crippen LogP contribution in [0, 0.1) is 5.82 Å². The minimum Gasteiger partial charge on any atom is -0.485 e. The van der Waals surface area contributed by atoms with Crippen molar-refractivity contribution < 1.29 is 18.7 Å². The van der Waals surface area contributed by atoms with Gasteiger partial charge in [0.05, 0.1) is 17.0 Å². The highest BCUT2D eigenvalue weighted by molar-refractivity contribution is 6.20. The molecule has 0 spiro atoms. The molecule has 0 unspecified atom stereocenters. The number of benzene rings is 1. The summed E-state index contributed by atoms with van der Waals surface area (Å²) in [7, 11) is 4.93. The van der Waals surface area contributed by atoms with Gasteiger partial charge in [0.2, 0.25) is 0 Å². The maximum absolute atomic E-state index is 14.3. The van der Waals surface area contributed by atoms with Gasteiger partial charge < -0.3 is 15.0 Å². The Morgan fingerprint density at radius 3 is 2.73 bits per heavy atom. The van der Waals surface area contributed by atoms with Crippen molar-refractivity contribution in [3.05, 3.63) is 77.0 Å². The third-order valence-electron chi connectivity index (χ3n) is 6.21. The zero-order valence-corrected chi connectivity index (χ0v) is 20.9. The van der Waals surface area contributed by atoms with Crippen LogP contribution in [0.15, 0.2) is 48.8 Å². The van der Waals surface area contributed by atoms with Gasteiger partial charge in [-0.25, -0.2) is 9.37 Å². The second kappa shape index (κ2) is 9.45. The molecule has 1 aromatic carbocycles. The fourth-order valence-electron chi connectivity index (χ4n) is 4.44. The number of hydrogen-bond donors (Lipinski definition) is 1. The van der Waals surface area contributed by atoms with Crippen LogP contribution < -0.4 is 10.1 Å². The summed E-state index contributed by atoms with van der Waals surface area (Å²) >= 11 is 0. The van der Waals surface area contributed by atoms with Crippen LogP contribution in [0.1, 0.15) is 38.9 Å². The Labute approximate surface area is 212 Å². The van der Waals surface area contributed by atoms with Crippen LogP contribution in [-0.2, 0) is 13.2 Å². The molecule has 0 atom stereocenters. The van der Waals surface area contributed by atoms with Gasteiger partial charge in [-0.05, 0) is 43.3 Å². The van der Waals surface area contributed by atoms with Crippen molar-refractivity contribution in [2.75, 3.05) is 26.5 Å². The molecule has 0 saturated carbocycles. The average Bonchev–Trinajstić information content (AvgIpc) is 3.30. The number of anilines is 1. The molecule has 10 heteroatoms. The Bertz CT molecular complexity index is 1550. The van der Waals surface area contributed by atoms with Crippen molar-refractivity contribution in [3.8, 4) is 28.3 Å². The second-order valence-electron chi connectivity index (χ2n) is 8.73. The van der Waals surface area contributed by atoms with E-state index >= 15 is 0 Å². The lowest BCUT2D eigenvalue weighted by molar-refractivity contribution is 0.0816. The number of halogens is 1. The molecule has 188 valence electrons. The Morgan fingerprint density at radius 2 is 2.00 bits per heavy atom. The van der Waals surface area contributed by atoms with E-state index in [0.29, 0.717) is 46.2 Å². The molecule has 1 aliphatic heterocycles. The Balaban J connectivity index is 1.90. The summed E-state index contributed by atoms with van der Waals surface area (Å²) in [6, 6.07) is 9.30. The van der Waals surface area contributed by atoms with Crippen molar-refractivity contribution in [1.29, 1.82) is 0 Å². The van der Waals surface area contributed by atoms with Crippen LogP contribution >= 0.6 is 0 Å². The van der Waals surface area contributed by atoms with Crippen molar-refractivity contribution in [2.45, 2.75) is 20.1 Å². The maximum atomic E-state index is 14.3. The monoisotopic (exact) mass is 500 g/mol. The molecular formula is C27H25FN6O3. The van der Waals surface area contributed by atoms with Gasteiger partial charge in [-0.1, -0.05) is 0 Å². The highest BCUT2D eigenvalue weighted by Gasteiger charge is 2.32. The van der Waals surface area contributed by atoms with E-state index in [-0.39, 0.29) is 23.4 Å². The normalized spacial score (nSPS) is 12.3. The maximum Gasteiger partial charge on any atom is 0.274 e. The van der Waals surface area contributed by atoms with Crippen molar-refractivity contribution >= 4 is 17.5 Å². The summed E-state index contributed by atoms with van der Waals surface area (Å²) < 4.78 is 22.1. The number of fused-ring (bicyclic) bond motifs is 7. The first-order valence-electron chi connectivity index (χ1n) is 11.8. The summed E-state index contributed by atoms with van der Waals surface area (Å²) in [4.78, 5) is 37.9. The first-order chi connectivity index (χ1) is 17.8. The van der Waals surface area contributed by atoms with Crippen molar-refractivity contribution in [1.82, 2.24) is 24.6 Å². The highest BCUT2D eigenvalue weighted by atomic mass is 19.1. The van der Waals surface area contributed by atoms with Gasteiger partial charge in [-0.15, -0.1) is 0 Å². The molecule has 4 heterocycles. The van der Waals surface area contributed by atoms with Gasteiger partial charge in [0.15, 0.2) is 23.0 Å². The minimum absolute atomic E-state index is 0.0153. The lowest BCUT2D eigenvalue weighted by Gasteiger charge is -2.18. The van der Waals surface area contributed by atoms with E-state index in [1.54, 1.807) is 62.5 Å². The van der Waals surface area contributed by atoms with Crippen molar-refractivity contribution in [2.24, 2.45) is 0 Å². The van der Waals surface area contributed by atoms with E-state index < -0.39 is 17.5 Å². The topological polar surface area (TPSA) is 102 Å². The lowest BCUT2D eigenvalue weighted by Crippen LogP contribution is -2.24. The van der Waals surface area contributed by atoms with Crippen LogP contribution in [0.25, 0.3) is 22.5 Å². The Kier molecular flexibility index (Phi) is 6.16. The SMILES string of the molecule is CCn1nc(C(=O)N(C)C)c2c1-c1cnc(NC)c(c1)OCc1cc(F)ccc1-c1ncccc1C2=O. The van der Waals surface area contributed by atoms with Gasteiger partial charge >= 0.3 is 0 Å². The zero-order chi connectivity index (χ0) is 26.3. The van der Waals surface area contributed by atoms with Crippen LogP contribution in [0.5, 0.6) is 5.75 Å². The summed E-state index contributed by atoms with van der Waals surface area (Å²) in [6.07, 6.45) is 3.17. The third kappa shape index (κ3) is 4.10. The molecule has 9 nitrogen and oxygen atoms in total. The number of carbonyl (C=O) groups excluding carboxylic acids is 2. The molecule has 1 amide bonds. The van der Waals surface area contributed by atoms with Crippen LogP contribution in [0.4, 0.5) is 10.2 Å². The molecule has 0 aliphatic carbocycles. The first kappa shape index (κ1) is 24.1. The molecular weight excluding hydrogens is 475 g/mol. The average molecular weight is 501 g/mol. The van der Waals surface area contributed by atoms with Crippen molar-refractivity contribution in [3.63, 3.8) is 0 Å². The molecule has 3 aromatic heterocycles. The predicted molar refractivity (Wildman–Crippen MR) is 136 cm³/mol. The van der Waals surface area contributed by atoms with E-state index in [1.165, 1.54) is 17.0 Å². The number of pyridine rings is 2. The Morgan fingerprint density at radius 1 is 1.19 bits per heavy atom. The van der Waals surface area contributed by atoms with Gasteiger partial charge in [0, 0.05) is 62.3 Å². The summed E-state index contributed by atoms with van der Waals surface area (Å²) in [5, 5.41) is 7.55. The number of nitrogens with one attached hydrogen (secondary N) is 1. The predicted octanol–water partition coefficient (Wildman–Crippen LogP) is 4.03. The number of ketones is 1. The number of aryl methyl sites for hydroxylation is 1. The van der Waals surface area contributed by atoms with Gasteiger partial charge in [0.25, 0.3) is 5.91 Å². The number of aromatic nitrogens is 4. The smallest absolute Gasteiger partial charge is 0.274 e. The molecule has 0 saturated heterocycles. The van der Waals surface area contributed by atoms with E-state index in [9.17, 15) is 14.0 Å². The van der Waals surface area contributed by atoms with Gasteiger partial charge in [-0.3, -0.25) is 19.3 Å². The van der Waals surface area contributed by atoms with Gasteiger partial charge in [0.1, 0.15) is 12.4 Å². The molecule has 1 N–H and O–H groups in total. The minimum atomic E-state index is -0.440. The van der Waals surface area contributed by atoms with E-state index in [2.05, 4.69) is 20.4 Å². The zero-order valence-electron chi connectivity index (χ0n) is 20.9. The summed E-state index contributed by atoms with van der Waals surface area (Å²) in [6.45, 7) is 2.30. The summed E-state index contributed by atoms with van der Waals surface area (Å²) in [5.41, 5.74) is 2.85. The molecule has 0 fully saturated rings. The van der Waals surface area contributed by atoms with E-state index in [4.69, 9.17) is 4.74 Å². The number of carbonyl (C=O) groups is 2. The quantitative estimate of drug-likeness (QED) is 0.453. The number of rotatable bonds is 3. The molecule has 1 aliphatic rings. The molecule has 37 heavy (non-hydrogen) atoms. The fourth-order valence-corrected chi connectivity index (χ4v) is 4.44. The number of ether oxygens (including phenoxy) is 1. The first-order valence-corrected chi connectivity index (χ1v) is 11.8. The molecule has 4 aromatic rings. The van der Waals surface area contributed by atoms with Gasteiger partial charge in [-0.2, -0.15) is 5.10 Å².